The van der Waals surface area contributed by atoms with E-state index in [0.29, 0.717) is 0 Å². The third-order valence-electron chi connectivity index (χ3n) is 1.91. The van der Waals surface area contributed by atoms with Gasteiger partial charge in [-0.25, -0.2) is 4.79 Å². The van der Waals surface area contributed by atoms with Gasteiger partial charge in [-0.2, -0.15) is 8.42 Å². The molecule has 17 heavy (non-hydrogen) atoms. The summed E-state index contributed by atoms with van der Waals surface area (Å²) in [5, 5.41) is 44.2. The molecule has 0 rings (SSSR count). The van der Waals surface area contributed by atoms with Gasteiger partial charge in [0.05, 0.1) is 0 Å². The third-order valence-corrected chi connectivity index (χ3v) is 3.07. The van der Waals surface area contributed by atoms with Crippen molar-refractivity contribution in [3.63, 3.8) is 0 Å². The van der Waals surface area contributed by atoms with Gasteiger partial charge in [-0.1, -0.05) is 0 Å². The zero-order valence-electron chi connectivity index (χ0n) is 8.03. The maximum absolute atomic E-state index is 10.6. The Morgan fingerprint density at radius 2 is 1.65 bits per heavy atom. The Morgan fingerprint density at radius 1 is 1.24 bits per heavy atom. The van der Waals surface area contributed by atoms with Crippen molar-refractivity contribution in [2.24, 2.45) is 0 Å². The molecule has 0 aromatic carbocycles. The molecule has 0 aromatic heterocycles. The fourth-order valence-corrected chi connectivity index (χ4v) is 1.41. The number of carbonyl (C=O) groups excluding carboxylic acids is 1. The number of hydrogen-bond acceptors (Lipinski definition) is 8. The topological polar surface area (TPSA) is 190 Å². The van der Waals surface area contributed by atoms with Crippen LogP contribution in [0.1, 0.15) is 0 Å². The van der Waals surface area contributed by atoms with Crippen LogP contribution < -0.4 is 0 Å². The highest BCUT2D eigenvalue weighted by molar-refractivity contribution is 7.87. The molecule has 6 N–H and O–H groups in total. The van der Waals surface area contributed by atoms with Gasteiger partial charge in [0, 0.05) is 0 Å². The van der Waals surface area contributed by atoms with Crippen molar-refractivity contribution >= 4 is 22.4 Å². The molecule has 0 aliphatic heterocycles. The zero-order chi connectivity index (χ0) is 14.0. The lowest BCUT2D eigenvalue weighted by Crippen LogP contribution is -2.59. The van der Waals surface area contributed by atoms with E-state index in [1.807, 2.05) is 0 Å². The third kappa shape index (κ3) is 2.96. The highest BCUT2D eigenvalue weighted by atomic mass is 32.2. The Balaban J connectivity index is 5.35. The molecule has 0 saturated heterocycles. The van der Waals surface area contributed by atoms with Crippen molar-refractivity contribution in [3.05, 3.63) is 0 Å². The number of rotatable bonds is 6. The predicted molar refractivity (Wildman–Crippen MR) is 48.2 cm³/mol. The number of aliphatic hydroxyl groups is 4. The van der Waals surface area contributed by atoms with E-state index in [9.17, 15) is 18.0 Å². The molecule has 0 amide bonds. The Bertz CT molecular complexity index is 401. The molecule has 11 heteroatoms. The fourth-order valence-electron chi connectivity index (χ4n) is 0.847. The quantitative estimate of drug-likeness (QED) is 0.205. The van der Waals surface area contributed by atoms with E-state index < -0.39 is 45.6 Å². The summed E-state index contributed by atoms with van der Waals surface area (Å²) in [6.07, 6.45) is -9.16. The molecular weight excluding hydrogens is 264 g/mol. The van der Waals surface area contributed by atoms with Crippen LogP contribution in [0.5, 0.6) is 0 Å². The average Bonchev–Trinajstić information content (AvgIpc) is 2.22. The van der Waals surface area contributed by atoms with Gasteiger partial charge < -0.3 is 25.5 Å². The van der Waals surface area contributed by atoms with Crippen LogP contribution in [0.2, 0.25) is 0 Å². The standard InChI is InChI=1S/C6H10O10S/c7-1-6(13,17(14,15)16)4(10)2(8)3(9)5(11)12/h1-4,8-10,13H,(H,11,12)(H,14,15,16)/t2-,3-,4+,6-/m1/s1. The van der Waals surface area contributed by atoms with E-state index >= 15 is 0 Å². The lowest BCUT2D eigenvalue weighted by Gasteiger charge is -2.28. The fraction of sp³-hybridized carbons (Fsp3) is 0.667. The molecule has 0 bridgehead atoms. The minimum atomic E-state index is -5.54. The smallest absolute Gasteiger partial charge is 0.335 e. The number of carboxylic acids is 1. The molecule has 0 heterocycles. The molecule has 0 saturated carbocycles. The Morgan fingerprint density at radius 3 is 1.88 bits per heavy atom. The summed E-state index contributed by atoms with van der Waals surface area (Å²) in [6.45, 7) is 0. The number of carboxylic acid groups (broad SMARTS) is 1. The van der Waals surface area contributed by atoms with Crippen LogP contribution in [0.15, 0.2) is 0 Å². The molecule has 100 valence electrons. The van der Waals surface area contributed by atoms with Crippen molar-refractivity contribution in [2.75, 3.05) is 0 Å². The van der Waals surface area contributed by atoms with E-state index in [4.69, 9.17) is 30.1 Å². The summed E-state index contributed by atoms with van der Waals surface area (Å²) < 4.78 is 29.7. The van der Waals surface area contributed by atoms with Gasteiger partial charge in [0.1, 0.15) is 12.2 Å². The Labute approximate surface area is 94.5 Å². The highest BCUT2D eigenvalue weighted by Gasteiger charge is 2.53. The second-order valence-corrected chi connectivity index (χ2v) is 4.67. The molecule has 0 fully saturated rings. The first-order chi connectivity index (χ1) is 7.49. The molecule has 0 aliphatic rings. The van der Waals surface area contributed by atoms with E-state index in [-0.39, 0.29) is 0 Å². The number of hydrogen-bond donors (Lipinski definition) is 6. The van der Waals surface area contributed by atoms with Crippen molar-refractivity contribution in [2.45, 2.75) is 23.2 Å². The second-order valence-electron chi connectivity index (χ2n) is 3.06. The second kappa shape index (κ2) is 5.03. The van der Waals surface area contributed by atoms with Gasteiger partial charge in [-0.3, -0.25) is 9.35 Å². The molecule has 0 aliphatic carbocycles. The van der Waals surface area contributed by atoms with Crippen LogP contribution >= 0.6 is 0 Å². The van der Waals surface area contributed by atoms with Gasteiger partial charge in [0.2, 0.25) is 0 Å². The number of aldehydes is 1. The molecule has 4 atom stereocenters. The highest BCUT2D eigenvalue weighted by Crippen LogP contribution is 2.19. The molecule has 10 nitrogen and oxygen atoms in total. The Kier molecular flexibility index (Phi) is 4.70. The lowest BCUT2D eigenvalue weighted by molar-refractivity contribution is -0.167. The monoisotopic (exact) mass is 274 g/mol. The van der Waals surface area contributed by atoms with Crippen LogP contribution in [0.25, 0.3) is 0 Å². The number of aliphatic hydroxyl groups excluding tert-OH is 3. The first-order valence-electron chi connectivity index (χ1n) is 3.91. The predicted octanol–water partition coefficient (Wildman–Crippen LogP) is -4.07. The summed E-state index contributed by atoms with van der Waals surface area (Å²) in [5.74, 6) is -2.04. The lowest BCUT2D eigenvalue weighted by atomic mass is 10.0. The van der Waals surface area contributed by atoms with E-state index in [2.05, 4.69) is 0 Å². The average molecular weight is 274 g/mol. The minimum Gasteiger partial charge on any atom is -0.479 e. The first kappa shape index (κ1) is 15.9. The zero-order valence-corrected chi connectivity index (χ0v) is 8.85. The van der Waals surface area contributed by atoms with E-state index in [0.717, 1.165) is 0 Å². The number of aliphatic carboxylic acids is 1. The van der Waals surface area contributed by atoms with Crippen LogP contribution in [0, 0.1) is 0 Å². The van der Waals surface area contributed by atoms with Gasteiger partial charge in [0.25, 0.3) is 4.93 Å². The summed E-state index contributed by atoms with van der Waals surface area (Å²) in [4.78, 5) is 16.7. The summed E-state index contributed by atoms with van der Waals surface area (Å²) in [5.41, 5.74) is 0. The van der Waals surface area contributed by atoms with Gasteiger partial charge in [-0.15, -0.1) is 0 Å². The van der Waals surface area contributed by atoms with Gasteiger partial charge in [0.15, 0.2) is 12.4 Å². The summed E-state index contributed by atoms with van der Waals surface area (Å²) >= 11 is 0. The molecule has 0 unspecified atom stereocenters. The van der Waals surface area contributed by atoms with Gasteiger partial charge >= 0.3 is 16.1 Å². The van der Waals surface area contributed by atoms with Crippen LogP contribution in [-0.4, -0.2) is 74.0 Å². The van der Waals surface area contributed by atoms with Crippen LogP contribution in [-0.2, 0) is 19.7 Å². The van der Waals surface area contributed by atoms with E-state index in [1.165, 1.54) is 0 Å². The Hall–Kier alpha value is -1.11. The van der Waals surface area contributed by atoms with Crippen LogP contribution in [0.3, 0.4) is 0 Å². The first-order valence-corrected chi connectivity index (χ1v) is 5.35. The molecular formula is C6H10O10S. The molecule has 0 spiro atoms. The number of carbonyl (C=O) groups is 2. The molecule has 0 radical (unpaired) electrons. The van der Waals surface area contributed by atoms with E-state index in [1.54, 1.807) is 0 Å². The normalized spacial score (nSPS) is 21.0. The minimum absolute atomic E-state index is 0.815. The van der Waals surface area contributed by atoms with Crippen molar-refractivity contribution in [3.8, 4) is 0 Å². The van der Waals surface area contributed by atoms with Crippen molar-refractivity contribution < 1.29 is 48.1 Å². The van der Waals surface area contributed by atoms with Crippen molar-refractivity contribution in [1.82, 2.24) is 0 Å². The summed E-state index contributed by atoms with van der Waals surface area (Å²) in [6, 6.07) is 0. The largest absolute Gasteiger partial charge is 0.479 e. The maximum atomic E-state index is 10.6. The maximum Gasteiger partial charge on any atom is 0.335 e. The molecule has 0 aromatic rings. The van der Waals surface area contributed by atoms with Gasteiger partial charge in [-0.05, 0) is 0 Å². The van der Waals surface area contributed by atoms with Crippen molar-refractivity contribution in [1.29, 1.82) is 0 Å². The summed E-state index contributed by atoms with van der Waals surface area (Å²) in [7, 11) is -5.54. The van der Waals surface area contributed by atoms with Crippen LogP contribution in [0.4, 0.5) is 0 Å². The SMILES string of the molecule is O=C[C@](O)([C@@H](O)[C@H](O)[C@@H](O)C(=O)O)S(=O)(=O)O.